The van der Waals surface area contributed by atoms with Crippen molar-refractivity contribution in [3.63, 3.8) is 0 Å². The van der Waals surface area contributed by atoms with Crippen molar-refractivity contribution in [2.24, 2.45) is 0 Å². The summed E-state index contributed by atoms with van der Waals surface area (Å²) in [5, 5.41) is 0.454. The molecule has 6 rings (SSSR count). The van der Waals surface area contributed by atoms with Crippen LogP contribution in [0.15, 0.2) is 53.3 Å². The van der Waals surface area contributed by atoms with Gasteiger partial charge in [0.1, 0.15) is 22.5 Å². The number of para-hydroxylation sites is 2. The van der Waals surface area contributed by atoms with E-state index in [9.17, 15) is 9.18 Å². The Morgan fingerprint density at radius 1 is 0.939 bits per heavy atom. The molecule has 1 fully saturated rings. The van der Waals surface area contributed by atoms with Crippen LogP contribution in [0.5, 0.6) is 0 Å². The van der Waals surface area contributed by atoms with Crippen molar-refractivity contribution in [3.8, 4) is 5.69 Å². The summed E-state index contributed by atoms with van der Waals surface area (Å²) in [7, 11) is 0. The van der Waals surface area contributed by atoms with Crippen LogP contribution in [-0.2, 0) is 6.42 Å². The molecule has 0 amide bonds. The van der Waals surface area contributed by atoms with Gasteiger partial charge in [-0.25, -0.2) is 19.3 Å². The minimum Gasteiger partial charge on any atom is -0.293 e. The second kappa shape index (κ2) is 7.76. The highest BCUT2D eigenvalue weighted by atomic mass is 19.1. The van der Waals surface area contributed by atoms with E-state index in [4.69, 9.17) is 15.0 Å². The number of aromatic nitrogens is 5. The number of nitrogens with zero attached hydrogens (tertiary/aromatic N) is 5. The average molecular weight is 442 g/mol. The van der Waals surface area contributed by atoms with Crippen molar-refractivity contribution < 1.29 is 4.39 Å². The number of fused-ring (bicyclic) bond motifs is 4. The van der Waals surface area contributed by atoms with E-state index in [1.54, 1.807) is 16.7 Å². The molecule has 33 heavy (non-hydrogen) atoms. The zero-order valence-electron chi connectivity index (χ0n) is 18.5. The van der Waals surface area contributed by atoms with Crippen LogP contribution in [0.3, 0.4) is 0 Å². The predicted octanol–water partition coefficient (Wildman–Crippen LogP) is 5.49. The topological polar surface area (TPSA) is 65.6 Å². The standard InChI is InChI=1S/C26H24FN5O/c1-2-21-30-24-22(26(33)31(21)17-10-4-3-5-11-17)23-25(29-20-14-7-6-13-19(20)28-23)32(24)18-12-8-9-16(27)15-18/h6-9,12-15,17H,2-5,10-11H2,1H3. The lowest BCUT2D eigenvalue weighted by Crippen LogP contribution is -2.30. The first-order valence-electron chi connectivity index (χ1n) is 11.6. The summed E-state index contributed by atoms with van der Waals surface area (Å²) < 4.78 is 17.9. The fourth-order valence-electron chi connectivity index (χ4n) is 5.17. The van der Waals surface area contributed by atoms with Crippen LogP contribution in [0, 0.1) is 5.82 Å². The zero-order chi connectivity index (χ0) is 22.5. The molecule has 0 saturated heterocycles. The van der Waals surface area contributed by atoms with Crippen LogP contribution in [0.2, 0.25) is 0 Å². The molecule has 3 heterocycles. The third-order valence-corrected chi connectivity index (χ3v) is 6.70. The maximum absolute atomic E-state index is 14.2. The molecule has 0 unspecified atom stereocenters. The molecule has 1 saturated carbocycles. The highest BCUT2D eigenvalue weighted by molar-refractivity contribution is 6.05. The quantitative estimate of drug-likeness (QED) is 0.371. The largest absolute Gasteiger partial charge is 0.293 e. The van der Waals surface area contributed by atoms with Gasteiger partial charge in [0.25, 0.3) is 5.56 Å². The number of hydrogen-bond acceptors (Lipinski definition) is 4. The van der Waals surface area contributed by atoms with Gasteiger partial charge in [0.05, 0.1) is 16.7 Å². The molecule has 1 aliphatic carbocycles. The Hall–Kier alpha value is -3.61. The molecule has 0 atom stereocenters. The molecule has 7 heteroatoms. The van der Waals surface area contributed by atoms with E-state index in [1.807, 2.05) is 35.8 Å². The number of rotatable bonds is 3. The van der Waals surface area contributed by atoms with Crippen molar-refractivity contribution in [2.45, 2.75) is 51.5 Å². The van der Waals surface area contributed by atoms with Crippen LogP contribution in [0.25, 0.3) is 38.9 Å². The summed E-state index contributed by atoms with van der Waals surface area (Å²) >= 11 is 0. The molecule has 0 radical (unpaired) electrons. The third-order valence-electron chi connectivity index (χ3n) is 6.70. The molecule has 1 aliphatic rings. The molecular weight excluding hydrogens is 417 g/mol. The Morgan fingerprint density at radius 3 is 2.42 bits per heavy atom. The van der Waals surface area contributed by atoms with Crippen molar-refractivity contribution in [1.82, 2.24) is 24.1 Å². The van der Waals surface area contributed by atoms with E-state index in [2.05, 4.69) is 0 Å². The van der Waals surface area contributed by atoms with E-state index >= 15 is 0 Å². The molecule has 6 nitrogen and oxygen atoms in total. The van der Waals surface area contributed by atoms with Gasteiger partial charge in [-0.15, -0.1) is 0 Å². The van der Waals surface area contributed by atoms with Gasteiger partial charge in [0.15, 0.2) is 11.3 Å². The summed E-state index contributed by atoms with van der Waals surface area (Å²) in [6.07, 6.45) is 6.05. The van der Waals surface area contributed by atoms with Gasteiger partial charge in [0.2, 0.25) is 0 Å². The summed E-state index contributed by atoms with van der Waals surface area (Å²) in [4.78, 5) is 28.7. The Morgan fingerprint density at radius 2 is 1.70 bits per heavy atom. The number of aryl methyl sites for hydroxylation is 1. The van der Waals surface area contributed by atoms with Gasteiger partial charge in [-0.3, -0.25) is 13.9 Å². The Kier molecular flexibility index (Phi) is 4.71. The maximum atomic E-state index is 14.2. The van der Waals surface area contributed by atoms with Crippen molar-refractivity contribution >= 4 is 33.2 Å². The summed E-state index contributed by atoms with van der Waals surface area (Å²) in [5.74, 6) is 0.395. The normalized spacial score (nSPS) is 15.1. The fourth-order valence-corrected chi connectivity index (χ4v) is 5.17. The molecule has 0 bridgehead atoms. The fraction of sp³-hybridized carbons (Fsp3) is 0.308. The van der Waals surface area contributed by atoms with Crippen LogP contribution < -0.4 is 5.56 Å². The first-order valence-corrected chi connectivity index (χ1v) is 11.6. The highest BCUT2D eigenvalue weighted by Crippen LogP contribution is 2.32. The highest BCUT2D eigenvalue weighted by Gasteiger charge is 2.26. The lowest BCUT2D eigenvalue weighted by atomic mass is 9.95. The Bertz CT molecular complexity index is 1580. The van der Waals surface area contributed by atoms with Crippen LogP contribution in [-0.4, -0.2) is 24.1 Å². The Balaban J connectivity index is 1.78. The molecule has 0 aliphatic heterocycles. The van der Waals surface area contributed by atoms with E-state index in [0.29, 0.717) is 45.3 Å². The average Bonchev–Trinajstić information content (AvgIpc) is 3.16. The number of hydrogen-bond donors (Lipinski definition) is 0. The summed E-state index contributed by atoms with van der Waals surface area (Å²) in [5.41, 5.74) is 3.44. The van der Waals surface area contributed by atoms with Gasteiger partial charge in [-0.05, 0) is 43.2 Å². The lowest BCUT2D eigenvalue weighted by Gasteiger charge is -2.26. The molecular formula is C26H24FN5O. The first-order chi connectivity index (χ1) is 16.2. The molecule has 3 aromatic heterocycles. The molecule has 0 N–H and O–H groups in total. The van der Waals surface area contributed by atoms with Crippen LogP contribution in [0.1, 0.15) is 50.9 Å². The predicted molar refractivity (Wildman–Crippen MR) is 127 cm³/mol. The minimum atomic E-state index is -0.359. The third kappa shape index (κ3) is 3.14. The Labute approximate surface area is 189 Å². The van der Waals surface area contributed by atoms with E-state index in [0.717, 1.165) is 31.5 Å². The van der Waals surface area contributed by atoms with Crippen molar-refractivity contribution in [3.05, 3.63) is 70.5 Å². The molecule has 2 aromatic carbocycles. The molecule has 166 valence electrons. The summed E-state index contributed by atoms with van der Waals surface area (Å²) in [6.45, 7) is 2.02. The van der Waals surface area contributed by atoms with Crippen molar-refractivity contribution in [2.75, 3.05) is 0 Å². The van der Waals surface area contributed by atoms with Crippen LogP contribution in [0.4, 0.5) is 4.39 Å². The molecule has 0 spiro atoms. The van der Waals surface area contributed by atoms with E-state index < -0.39 is 0 Å². The van der Waals surface area contributed by atoms with Crippen molar-refractivity contribution in [1.29, 1.82) is 0 Å². The minimum absolute atomic E-state index is 0.0755. The van der Waals surface area contributed by atoms with E-state index in [-0.39, 0.29) is 17.4 Å². The zero-order valence-corrected chi connectivity index (χ0v) is 18.5. The second-order valence-electron chi connectivity index (χ2n) is 8.75. The van der Waals surface area contributed by atoms with Crippen LogP contribution >= 0.6 is 0 Å². The molecule has 5 aromatic rings. The van der Waals surface area contributed by atoms with Gasteiger partial charge in [0, 0.05) is 12.5 Å². The number of halogens is 1. The summed E-state index contributed by atoms with van der Waals surface area (Å²) in [6, 6.07) is 14.0. The lowest BCUT2D eigenvalue weighted by molar-refractivity contribution is 0.337. The maximum Gasteiger partial charge on any atom is 0.265 e. The van der Waals surface area contributed by atoms with Gasteiger partial charge in [-0.1, -0.05) is 44.4 Å². The second-order valence-corrected chi connectivity index (χ2v) is 8.75. The first kappa shape index (κ1) is 20.0. The van der Waals surface area contributed by atoms with Gasteiger partial charge >= 0.3 is 0 Å². The van der Waals surface area contributed by atoms with E-state index in [1.165, 1.54) is 18.6 Å². The van der Waals surface area contributed by atoms with Gasteiger partial charge < -0.3 is 0 Å². The smallest absolute Gasteiger partial charge is 0.265 e. The number of benzene rings is 2. The van der Waals surface area contributed by atoms with Gasteiger partial charge in [-0.2, -0.15) is 0 Å². The monoisotopic (exact) mass is 441 g/mol. The SMILES string of the molecule is CCc1nc2c(c(=O)n1C1CCCCC1)c1nc3ccccc3nc1n2-c1cccc(F)c1.